The smallest absolute Gasteiger partial charge is 0.291 e. The molecular formula is C22H22ClF2N7O3S3. The highest BCUT2D eigenvalue weighted by Gasteiger charge is 2.41. The zero-order valence-electron chi connectivity index (χ0n) is 19.8. The van der Waals surface area contributed by atoms with Gasteiger partial charge in [-0.25, -0.2) is 35.9 Å². The summed E-state index contributed by atoms with van der Waals surface area (Å²) in [6.07, 6.45) is -0.123. The number of imidazole rings is 1. The standard InChI is InChI=1S/C22H22ClF2N7O3S3/c1-22(6-7-22)31-38(34,35)14-10-15(12-2-4-13(5-3-12)37(27,33)9-8-26)16-17(23)28-19(32(16)11-14)21-30-29-20(36-21)18(24)25/h2-5,10-11,18,27,31H,6-9,26H2,1H3. The maximum absolute atomic E-state index is 13.3. The van der Waals surface area contributed by atoms with Crippen molar-refractivity contribution in [3.05, 3.63) is 46.7 Å². The van der Waals surface area contributed by atoms with E-state index in [0.29, 0.717) is 40.8 Å². The van der Waals surface area contributed by atoms with Gasteiger partial charge in [0.25, 0.3) is 6.43 Å². The molecule has 5 rings (SSSR count). The Hall–Kier alpha value is -2.56. The van der Waals surface area contributed by atoms with Gasteiger partial charge in [0.2, 0.25) is 10.0 Å². The fraction of sp³-hybridized carbons (Fsp3) is 0.318. The minimum absolute atomic E-state index is 0.00494. The SMILES string of the molecule is CC1(NS(=O)(=O)c2cc(-c3ccc(S(=N)(=O)CCN)cc3)c3c(Cl)nc(-c4nnc(C(F)F)s4)n3c2)CC1. The van der Waals surface area contributed by atoms with Crippen LogP contribution in [-0.4, -0.2) is 50.0 Å². The second kappa shape index (κ2) is 9.57. The summed E-state index contributed by atoms with van der Waals surface area (Å²) in [6.45, 7) is 1.89. The van der Waals surface area contributed by atoms with Gasteiger partial charge >= 0.3 is 0 Å². The predicted octanol–water partition coefficient (Wildman–Crippen LogP) is 4.31. The molecule has 10 nitrogen and oxygen atoms in total. The second-order valence-corrected chi connectivity index (χ2v) is 14.4. The molecule has 1 saturated carbocycles. The fourth-order valence-corrected chi connectivity index (χ4v) is 7.48. The third kappa shape index (κ3) is 5.05. The Labute approximate surface area is 226 Å². The summed E-state index contributed by atoms with van der Waals surface area (Å²) in [6, 6.07) is 7.69. The van der Waals surface area contributed by atoms with Gasteiger partial charge in [-0.1, -0.05) is 35.1 Å². The van der Waals surface area contributed by atoms with E-state index in [1.807, 2.05) is 0 Å². The van der Waals surface area contributed by atoms with E-state index in [0.717, 1.165) is 0 Å². The van der Waals surface area contributed by atoms with Crippen LogP contribution in [0.3, 0.4) is 0 Å². The fourth-order valence-electron chi connectivity index (χ4n) is 3.89. The molecule has 0 saturated heterocycles. The third-order valence-electron chi connectivity index (χ3n) is 6.13. The molecule has 0 spiro atoms. The number of fused-ring (bicyclic) bond motifs is 1. The minimum Gasteiger partial charge on any atom is -0.330 e. The average molecular weight is 602 g/mol. The maximum Gasteiger partial charge on any atom is 0.291 e. The van der Waals surface area contributed by atoms with Gasteiger partial charge in [-0.15, -0.1) is 10.2 Å². The Morgan fingerprint density at radius 2 is 1.89 bits per heavy atom. The molecule has 1 fully saturated rings. The van der Waals surface area contributed by atoms with E-state index in [9.17, 15) is 21.4 Å². The van der Waals surface area contributed by atoms with Crippen LogP contribution in [0.1, 0.15) is 31.2 Å². The molecular weight excluding hydrogens is 580 g/mol. The highest BCUT2D eigenvalue weighted by Crippen LogP contribution is 2.39. The summed E-state index contributed by atoms with van der Waals surface area (Å²) in [7, 11) is -7.09. The molecule has 1 unspecified atom stereocenters. The van der Waals surface area contributed by atoms with Gasteiger partial charge in [0, 0.05) is 34.5 Å². The van der Waals surface area contributed by atoms with E-state index >= 15 is 0 Å². The number of hydrogen-bond acceptors (Lipinski definition) is 9. The van der Waals surface area contributed by atoms with Crippen LogP contribution in [0, 0.1) is 4.78 Å². The number of sulfonamides is 1. The second-order valence-electron chi connectivity index (χ2n) is 9.14. The van der Waals surface area contributed by atoms with Crippen molar-refractivity contribution in [1.82, 2.24) is 24.3 Å². The van der Waals surface area contributed by atoms with Crippen LogP contribution in [0.5, 0.6) is 0 Å². The molecule has 1 aliphatic carbocycles. The van der Waals surface area contributed by atoms with Gasteiger partial charge < -0.3 is 5.73 Å². The number of benzene rings is 1. The quantitative estimate of drug-likeness (QED) is 0.258. The lowest BCUT2D eigenvalue weighted by Gasteiger charge is -2.15. The Bertz CT molecular complexity index is 1750. The zero-order valence-corrected chi connectivity index (χ0v) is 23.0. The van der Waals surface area contributed by atoms with Crippen LogP contribution in [0.15, 0.2) is 46.3 Å². The van der Waals surface area contributed by atoms with Crippen molar-refractivity contribution in [2.75, 3.05) is 12.3 Å². The molecule has 1 aliphatic rings. The summed E-state index contributed by atoms with van der Waals surface area (Å²) in [5.74, 6) is 0.0498. The zero-order chi connectivity index (χ0) is 27.5. The topological polar surface area (TPSA) is 156 Å². The number of aromatic nitrogens is 4. The Morgan fingerprint density at radius 3 is 2.47 bits per heavy atom. The number of halogens is 3. The van der Waals surface area contributed by atoms with E-state index in [1.54, 1.807) is 19.1 Å². The molecule has 0 radical (unpaired) electrons. The first-order valence-corrected chi connectivity index (χ1v) is 15.7. The summed E-state index contributed by atoms with van der Waals surface area (Å²) in [5, 5.41) is 6.83. The Morgan fingerprint density at radius 1 is 1.21 bits per heavy atom. The molecule has 4 aromatic rings. The molecule has 38 heavy (non-hydrogen) atoms. The predicted molar refractivity (Wildman–Crippen MR) is 141 cm³/mol. The van der Waals surface area contributed by atoms with E-state index in [4.69, 9.17) is 22.1 Å². The van der Waals surface area contributed by atoms with Crippen LogP contribution in [0.25, 0.3) is 27.5 Å². The molecule has 3 heterocycles. The normalized spacial score (nSPS) is 16.7. The summed E-state index contributed by atoms with van der Waals surface area (Å²) in [5.41, 5.74) is 6.14. The number of hydrogen-bond donors (Lipinski definition) is 3. The van der Waals surface area contributed by atoms with E-state index < -0.39 is 36.7 Å². The first kappa shape index (κ1) is 27.0. The molecule has 1 atom stereocenters. The van der Waals surface area contributed by atoms with Crippen molar-refractivity contribution in [2.45, 2.75) is 41.5 Å². The average Bonchev–Trinajstić information content (AvgIpc) is 3.24. The van der Waals surface area contributed by atoms with Crippen LogP contribution in [-0.2, 0) is 19.8 Å². The van der Waals surface area contributed by atoms with Gasteiger partial charge in [0.05, 0.1) is 20.1 Å². The van der Waals surface area contributed by atoms with Crippen LogP contribution in [0.4, 0.5) is 8.78 Å². The molecule has 3 aromatic heterocycles. The molecule has 0 aliphatic heterocycles. The molecule has 1 aromatic carbocycles. The lowest BCUT2D eigenvalue weighted by molar-refractivity contribution is 0.150. The van der Waals surface area contributed by atoms with E-state index in [-0.39, 0.29) is 38.1 Å². The number of nitrogens with two attached hydrogens (primary N) is 1. The number of alkyl halides is 2. The lowest BCUT2D eigenvalue weighted by Crippen LogP contribution is -2.34. The number of pyridine rings is 1. The molecule has 16 heteroatoms. The van der Waals surface area contributed by atoms with Crippen molar-refractivity contribution >= 4 is 48.2 Å². The monoisotopic (exact) mass is 601 g/mol. The van der Waals surface area contributed by atoms with Crippen LogP contribution in [0.2, 0.25) is 5.15 Å². The van der Waals surface area contributed by atoms with Crippen molar-refractivity contribution in [3.8, 4) is 22.0 Å². The van der Waals surface area contributed by atoms with Crippen LogP contribution < -0.4 is 10.5 Å². The van der Waals surface area contributed by atoms with Crippen LogP contribution >= 0.6 is 22.9 Å². The number of rotatable bonds is 9. The molecule has 202 valence electrons. The van der Waals surface area contributed by atoms with Gasteiger partial charge in [-0.05, 0) is 43.5 Å². The third-order valence-corrected chi connectivity index (χ3v) is 10.8. The largest absolute Gasteiger partial charge is 0.330 e. The van der Waals surface area contributed by atoms with Crippen molar-refractivity contribution < 1.29 is 21.4 Å². The van der Waals surface area contributed by atoms with E-state index in [2.05, 4.69) is 19.9 Å². The van der Waals surface area contributed by atoms with Crippen molar-refractivity contribution in [3.63, 3.8) is 0 Å². The van der Waals surface area contributed by atoms with Crippen molar-refractivity contribution in [2.24, 2.45) is 5.73 Å². The molecule has 4 N–H and O–H groups in total. The van der Waals surface area contributed by atoms with Gasteiger partial charge in [0.1, 0.15) is 0 Å². The van der Waals surface area contributed by atoms with Gasteiger partial charge in [-0.3, -0.25) is 4.40 Å². The van der Waals surface area contributed by atoms with Gasteiger partial charge in [0.15, 0.2) is 21.0 Å². The molecule has 0 amide bonds. The van der Waals surface area contributed by atoms with E-state index in [1.165, 1.54) is 28.8 Å². The minimum atomic E-state index is -4.00. The maximum atomic E-state index is 13.3. The molecule has 0 bridgehead atoms. The lowest BCUT2D eigenvalue weighted by atomic mass is 10.1. The summed E-state index contributed by atoms with van der Waals surface area (Å²) >= 11 is 7.13. The number of nitrogens with zero attached hydrogens (tertiary/aromatic N) is 4. The first-order chi connectivity index (χ1) is 17.8. The van der Waals surface area contributed by atoms with Gasteiger partial charge in [-0.2, -0.15) is 0 Å². The first-order valence-electron chi connectivity index (χ1n) is 11.3. The highest BCUT2D eigenvalue weighted by atomic mass is 35.5. The Balaban J connectivity index is 1.72. The van der Waals surface area contributed by atoms with Crippen molar-refractivity contribution in [1.29, 1.82) is 4.78 Å². The highest BCUT2D eigenvalue weighted by molar-refractivity contribution is 7.92. The number of nitrogens with one attached hydrogen (secondary N) is 2. The summed E-state index contributed by atoms with van der Waals surface area (Å²) in [4.78, 5) is 4.48. The summed E-state index contributed by atoms with van der Waals surface area (Å²) < 4.78 is 77.9. The Kier molecular flexibility index (Phi) is 6.81.